The first kappa shape index (κ1) is 18.9. The number of pyridine rings is 1. The van der Waals surface area contributed by atoms with E-state index in [0.29, 0.717) is 9.90 Å². The lowest BCUT2D eigenvalue weighted by atomic mass is 10.0. The minimum Gasteiger partial charge on any atom is -0.392 e. The van der Waals surface area contributed by atoms with Gasteiger partial charge >= 0.3 is 0 Å². The number of aryl methyl sites for hydroxylation is 1. The van der Waals surface area contributed by atoms with Gasteiger partial charge in [0.2, 0.25) is 0 Å². The number of amides is 1. The zero-order valence-electron chi connectivity index (χ0n) is 15.5. The Morgan fingerprint density at radius 1 is 1.21 bits per heavy atom. The number of hydrogen-bond donors (Lipinski definition) is 2. The molecule has 0 aliphatic carbocycles. The molecule has 0 spiro atoms. The molecular formula is C22H19ClN2O2S. The van der Waals surface area contributed by atoms with Crippen molar-refractivity contribution in [3.05, 3.63) is 64.1 Å². The first-order valence-corrected chi connectivity index (χ1v) is 10.2. The van der Waals surface area contributed by atoms with E-state index >= 15 is 0 Å². The lowest BCUT2D eigenvalue weighted by Gasteiger charge is -2.08. The topological polar surface area (TPSA) is 62.2 Å². The predicted molar refractivity (Wildman–Crippen MR) is 116 cm³/mol. The highest BCUT2D eigenvalue weighted by molar-refractivity contribution is 7.22. The van der Waals surface area contributed by atoms with Crippen molar-refractivity contribution in [1.29, 1.82) is 0 Å². The lowest BCUT2D eigenvalue weighted by molar-refractivity contribution is 0.0928. The summed E-state index contributed by atoms with van der Waals surface area (Å²) >= 11 is 7.65. The van der Waals surface area contributed by atoms with Gasteiger partial charge in [0.05, 0.1) is 11.6 Å². The van der Waals surface area contributed by atoms with Crippen LogP contribution in [0.4, 0.5) is 0 Å². The standard InChI is InChI=1S/C22H19ClN2O2S/c1-12-3-5-14(6-4-12)19-17-11-24-18-8-7-15(23)9-16(18)20(17)28-21(19)22(27)25-10-13(2)26/h3-9,11,13,26H,10H2,1-2H3,(H,25,27)/t13-/m1/s1. The maximum Gasteiger partial charge on any atom is 0.262 e. The third kappa shape index (κ3) is 3.49. The summed E-state index contributed by atoms with van der Waals surface area (Å²) in [6, 6.07) is 13.7. The number of rotatable bonds is 4. The zero-order valence-corrected chi connectivity index (χ0v) is 17.1. The molecule has 0 aliphatic heterocycles. The summed E-state index contributed by atoms with van der Waals surface area (Å²) in [6.07, 6.45) is 1.21. The van der Waals surface area contributed by atoms with E-state index in [2.05, 4.69) is 10.3 Å². The van der Waals surface area contributed by atoms with Crippen molar-refractivity contribution in [3.8, 4) is 11.1 Å². The molecule has 1 atom stereocenters. The van der Waals surface area contributed by atoms with Crippen molar-refractivity contribution >= 4 is 49.8 Å². The molecule has 0 bridgehead atoms. The van der Waals surface area contributed by atoms with Gasteiger partial charge < -0.3 is 10.4 Å². The summed E-state index contributed by atoms with van der Waals surface area (Å²) in [6.45, 7) is 3.87. The van der Waals surface area contributed by atoms with Crippen molar-refractivity contribution < 1.29 is 9.90 Å². The number of fused-ring (bicyclic) bond motifs is 3. The Kier molecular flexibility index (Phi) is 5.06. The number of hydrogen-bond acceptors (Lipinski definition) is 4. The quantitative estimate of drug-likeness (QED) is 0.486. The van der Waals surface area contributed by atoms with Crippen molar-refractivity contribution in [2.75, 3.05) is 6.54 Å². The van der Waals surface area contributed by atoms with Gasteiger partial charge in [-0.3, -0.25) is 9.78 Å². The number of nitrogens with one attached hydrogen (secondary N) is 1. The Morgan fingerprint density at radius 2 is 1.96 bits per heavy atom. The van der Waals surface area contributed by atoms with Gasteiger partial charge in [-0.2, -0.15) is 0 Å². The van der Waals surface area contributed by atoms with Crippen LogP contribution in [0.2, 0.25) is 5.02 Å². The number of thiophene rings is 1. The van der Waals surface area contributed by atoms with Crippen molar-refractivity contribution in [2.45, 2.75) is 20.0 Å². The minimum atomic E-state index is -0.609. The van der Waals surface area contributed by atoms with Crippen LogP contribution in [0.3, 0.4) is 0 Å². The Labute approximate surface area is 171 Å². The Bertz CT molecular complexity index is 1180. The fraction of sp³-hybridized carbons (Fsp3) is 0.182. The number of carbonyl (C=O) groups is 1. The van der Waals surface area contributed by atoms with Crippen LogP contribution in [-0.2, 0) is 0 Å². The van der Waals surface area contributed by atoms with Crippen LogP contribution in [0.15, 0.2) is 48.7 Å². The molecule has 4 rings (SSSR count). The van der Waals surface area contributed by atoms with Gasteiger partial charge in [0.1, 0.15) is 4.88 Å². The van der Waals surface area contributed by atoms with E-state index in [9.17, 15) is 9.90 Å². The summed E-state index contributed by atoms with van der Waals surface area (Å²) in [5.41, 5.74) is 3.81. The Morgan fingerprint density at radius 3 is 2.68 bits per heavy atom. The molecule has 142 valence electrons. The highest BCUT2D eigenvalue weighted by Crippen LogP contribution is 2.42. The third-order valence-corrected chi connectivity index (χ3v) is 6.06. The second kappa shape index (κ2) is 7.51. The predicted octanol–water partition coefficient (Wildman–Crippen LogP) is 5.19. The van der Waals surface area contributed by atoms with Crippen molar-refractivity contribution in [3.63, 3.8) is 0 Å². The van der Waals surface area contributed by atoms with Gasteiger partial charge in [0, 0.05) is 38.8 Å². The molecule has 28 heavy (non-hydrogen) atoms. The fourth-order valence-electron chi connectivity index (χ4n) is 3.19. The number of nitrogens with zero attached hydrogens (tertiary/aromatic N) is 1. The number of carbonyl (C=O) groups excluding carboxylic acids is 1. The summed E-state index contributed by atoms with van der Waals surface area (Å²) in [7, 11) is 0. The number of aromatic nitrogens is 1. The normalized spacial score (nSPS) is 12.4. The molecule has 0 unspecified atom stereocenters. The summed E-state index contributed by atoms with van der Waals surface area (Å²) in [5, 5.41) is 14.8. The van der Waals surface area contributed by atoms with E-state index in [1.54, 1.807) is 6.92 Å². The smallest absolute Gasteiger partial charge is 0.262 e. The zero-order chi connectivity index (χ0) is 19.8. The van der Waals surface area contributed by atoms with Gasteiger partial charge in [-0.05, 0) is 37.6 Å². The van der Waals surface area contributed by atoms with Crippen LogP contribution in [-0.4, -0.2) is 28.6 Å². The second-order valence-electron chi connectivity index (χ2n) is 6.89. The first-order valence-electron chi connectivity index (χ1n) is 8.98. The average Bonchev–Trinajstić information content (AvgIpc) is 3.07. The molecule has 4 nitrogen and oxygen atoms in total. The number of halogens is 1. The minimum absolute atomic E-state index is 0.200. The van der Waals surface area contributed by atoms with E-state index in [-0.39, 0.29) is 12.5 Å². The van der Waals surface area contributed by atoms with E-state index < -0.39 is 6.10 Å². The van der Waals surface area contributed by atoms with E-state index in [4.69, 9.17) is 11.6 Å². The summed E-state index contributed by atoms with van der Waals surface area (Å²) < 4.78 is 0.977. The molecule has 2 N–H and O–H groups in total. The Hall–Kier alpha value is -2.47. The molecule has 0 saturated carbocycles. The van der Waals surface area contributed by atoms with Crippen LogP contribution >= 0.6 is 22.9 Å². The maximum atomic E-state index is 12.9. The molecule has 0 aliphatic rings. The van der Waals surface area contributed by atoms with Crippen LogP contribution in [0, 0.1) is 6.92 Å². The molecule has 6 heteroatoms. The van der Waals surface area contributed by atoms with Crippen LogP contribution in [0.25, 0.3) is 32.1 Å². The van der Waals surface area contributed by atoms with Crippen LogP contribution in [0.1, 0.15) is 22.2 Å². The van der Waals surface area contributed by atoms with Gasteiger partial charge in [-0.1, -0.05) is 41.4 Å². The van der Waals surface area contributed by atoms with Crippen LogP contribution < -0.4 is 5.32 Å². The SMILES string of the molecule is Cc1ccc(-c2c(C(=O)NC[C@@H](C)O)sc3c2cnc2ccc(Cl)cc23)cc1. The third-order valence-electron chi connectivity index (χ3n) is 4.59. The number of aliphatic hydroxyl groups is 1. The van der Waals surface area contributed by atoms with Crippen molar-refractivity contribution in [2.24, 2.45) is 0 Å². The molecule has 0 radical (unpaired) electrons. The lowest BCUT2D eigenvalue weighted by Crippen LogP contribution is -2.30. The molecule has 0 fully saturated rings. The second-order valence-corrected chi connectivity index (χ2v) is 8.35. The molecule has 2 aromatic heterocycles. The summed E-state index contributed by atoms with van der Waals surface area (Å²) in [5.74, 6) is -0.201. The van der Waals surface area contributed by atoms with Gasteiger partial charge in [-0.25, -0.2) is 0 Å². The molecule has 2 aromatic carbocycles. The highest BCUT2D eigenvalue weighted by Gasteiger charge is 2.21. The molecule has 0 saturated heterocycles. The van der Waals surface area contributed by atoms with Gasteiger partial charge in [0.25, 0.3) is 5.91 Å². The maximum absolute atomic E-state index is 12.9. The van der Waals surface area contributed by atoms with Gasteiger partial charge in [0.15, 0.2) is 0 Å². The number of benzene rings is 2. The highest BCUT2D eigenvalue weighted by atomic mass is 35.5. The van der Waals surface area contributed by atoms with E-state index in [1.807, 2.05) is 55.6 Å². The van der Waals surface area contributed by atoms with E-state index in [1.165, 1.54) is 11.3 Å². The Balaban J connectivity index is 1.98. The van der Waals surface area contributed by atoms with Crippen molar-refractivity contribution in [1.82, 2.24) is 10.3 Å². The van der Waals surface area contributed by atoms with E-state index in [0.717, 1.165) is 37.7 Å². The largest absolute Gasteiger partial charge is 0.392 e. The number of aliphatic hydroxyl groups excluding tert-OH is 1. The monoisotopic (exact) mass is 410 g/mol. The average molecular weight is 411 g/mol. The molecule has 4 aromatic rings. The van der Waals surface area contributed by atoms with Gasteiger partial charge in [-0.15, -0.1) is 11.3 Å². The molecule has 2 heterocycles. The molecule has 1 amide bonds. The summed E-state index contributed by atoms with van der Waals surface area (Å²) in [4.78, 5) is 18.1. The first-order chi connectivity index (χ1) is 13.4. The van der Waals surface area contributed by atoms with Crippen LogP contribution in [0.5, 0.6) is 0 Å². The molecular weight excluding hydrogens is 392 g/mol. The fourth-order valence-corrected chi connectivity index (χ4v) is 4.60.